The minimum Gasteiger partial charge on any atom is -0.256 e. The van der Waals surface area contributed by atoms with Gasteiger partial charge in [0.2, 0.25) is 0 Å². The van der Waals surface area contributed by atoms with Crippen LogP contribution in [0.1, 0.15) is 41.0 Å². The third-order valence-corrected chi connectivity index (χ3v) is 4.10. The second-order valence-corrected chi connectivity index (χ2v) is 6.72. The van der Waals surface area contributed by atoms with Crippen LogP contribution in [0.5, 0.6) is 0 Å². The third kappa shape index (κ3) is 7.18. The van der Waals surface area contributed by atoms with Crippen LogP contribution in [-0.4, -0.2) is 9.97 Å². The molecule has 0 bridgehead atoms. The number of rotatable bonds is 4. The van der Waals surface area contributed by atoms with Gasteiger partial charge >= 0.3 is 0 Å². The molecule has 0 aliphatic carbocycles. The smallest absolute Gasteiger partial charge is 0.0727 e. The largest absolute Gasteiger partial charge is 0.256 e. The second-order valence-electron chi connectivity index (χ2n) is 6.72. The summed E-state index contributed by atoms with van der Waals surface area (Å²) in [6.45, 7) is 18.1. The summed E-state index contributed by atoms with van der Waals surface area (Å²) in [4.78, 5) is 8.71. The van der Waals surface area contributed by atoms with Crippen molar-refractivity contribution in [1.29, 1.82) is 0 Å². The van der Waals surface area contributed by atoms with E-state index >= 15 is 0 Å². The molecular formula is C25H32N2. The minimum absolute atomic E-state index is 0.538. The summed E-state index contributed by atoms with van der Waals surface area (Å²) >= 11 is 0. The Morgan fingerprint density at radius 3 is 2.11 bits per heavy atom. The van der Waals surface area contributed by atoms with Gasteiger partial charge in [-0.2, -0.15) is 0 Å². The Balaban J connectivity index is 0.000000271. The van der Waals surface area contributed by atoms with Gasteiger partial charge in [0.05, 0.1) is 10.7 Å². The normalized spacial score (nSPS) is 14.3. The molecule has 2 heterocycles. The maximum Gasteiger partial charge on any atom is 0.0727 e. The van der Waals surface area contributed by atoms with E-state index in [-0.39, 0.29) is 0 Å². The summed E-state index contributed by atoms with van der Waals surface area (Å²) in [6, 6.07) is 8.06. The molecule has 0 unspecified atom stereocenters. The van der Waals surface area contributed by atoms with Gasteiger partial charge in [-0.25, -0.2) is 0 Å². The monoisotopic (exact) mass is 360 g/mol. The van der Waals surface area contributed by atoms with Crippen LogP contribution in [0.4, 0.5) is 0 Å². The lowest BCUT2D eigenvalue weighted by molar-refractivity contribution is 0.879. The minimum atomic E-state index is 0.538. The first kappa shape index (κ1) is 22.3. The quantitative estimate of drug-likeness (QED) is 0.834. The number of aromatic nitrogens is 2. The molecule has 0 saturated heterocycles. The van der Waals surface area contributed by atoms with Gasteiger partial charge in [0.1, 0.15) is 0 Å². The number of nitrogens with zero attached hydrogens (tertiary/aromatic N) is 2. The summed E-state index contributed by atoms with van der Waals surface area (Å²) in [5.41, 5.74) is 2.44. The van der Waals surface area contributed by atoms with Crippen LogP contribution < -0.4 is 21.1 Å². The Hall–Kier alpha value is -2.74. The van der Waals surface area contributed by atoms with E-state index in [4.69, 9.17) is 0 Å². The van der Waals surface area contributed by atoms with Gasteiger partial charge in [-0.05, 0) is 54.7 Å². The zero-order valence-electron chi connectivity index (χ0n) is 17.4. The molecule has 0 aliphatic heterocycles. The van der Waals surface area contributed by atoms with Crippen molar-refractivity contribution in [3.05, 3.63) is 83.1 Å². The first-order valence-electron chi connectivity index (χ1n) is 9.44. The van der Waals surface area contributed by atoms with E-state index in [1.165, 1.54) is 10.8 Å². The second kappa shape index (κ2) is 11.8. The molecule has 0 N–H and O–H groups in total. The average molecular weight is 361 g/mol. The summed E-state index contributed by atoms with van der Waals surface area (Å²) in [7, 11) is 0. The zero-order chi connectivity index (χ0) is 20.2. The van der Waals surface area contributed by atoms with Crippen molar-refractivity contribution in [3.63, 3.8) is 0 Å². The van der Waals surface area contributed by atoms with Gasteiger partial charge in [-0.3, -0.25) is 9.97 Å². The van der Waals surface area contributed by atoms with Crippen molar-refractivity contribution in [2.75, 3.05) is 0 Å². The summed E-state index contributed by atoms with van der Waals surface area (Å²) in [5, 5.41) is 4.47. The molecule has 0 radical (unpaired) electrons. The van der Waals surface area contributed by atoms with Crippen LogP contribution in [-0.2, 0) is 0 Å². The van der Waals surface area contributed by atoms with Crippen molar-refractivity contribution in [2.24, 2.45) is 5.92 Å². The fourth-order valence-electron chi connectivity index (χ4n) is 2.54. The molecule has 2 heteroatoms. The Kier molecular flexibility index (Phi) is 9.74. The molecule has 2 rings (SSSR count). The van der Waals surface area contributed by atoms with Gasteiger partial charge < -0.3 is 0 Å². The molecule has 2 nitrogen and oxygen atoms in total. The van der Waals surface area contributed by atoms with Crippen LogP contribution in [0, 0.1) is 5.92 Å². The van der Waals surface area contributed by atoms with Gasteiger partial charge in [0.15, 0.2) is 0 Å². The number of allylic oxidation sites excluding steroid dienone is 2. The Bertz CT molecular complexity index is 995. The Labute approximate surface area is 163 Å². The molecule has 0 spiro atoms. The van der Waals surface area contributed by atoms with E-state index in [0.29, 0.717) is 5.92 Å². The summed E-state index contributed by atoms with van der Waals surface area (Å²) in [5.74, 6) is 0.538. The SMILES string of the molecule is C=C/C(C)=c1/nccc/c1=C/C(C)C.C=C/C=c1/cccn/c1=C(\C)CC. The van der Waals surface area contributed by atoms with E-state index in [2.05, 4.69) is 69.0 Å². The van der Waals surface area contributed by atoms with Crippen LogP contribution in [0.15, 0.2) is 62.0 Å². The standard InChI is InChI=1S/C13H17N.C12H15N/c1-5-11(4)13-12(9-10(2)3)7-6-8-14-13;1-4-7-11-8-6-9-13-12(11)10(3)5-2/h5-10H,1H2,2-4H3;4,6-9H,1,5H2,2-3H3/b12-9-,13-11+;11-7-,12-10+. The predicted octanol–water partition coefficient (Wildman–Crippen LogP) is 3.50. The average Bonchev–Trinajstić information content (AvgIpc) is 2.68. The first-order valence-corrected chi connectivity index (χ1v) is 9.44. The molecule has 142 valence electrons. The van der Waals surface area contributed by atoms with Crippen molar-refractivity contribution in [2.45, 2.75) is 41.0 Å². The Morgan fingerprint density at radius 1 is 1.00 bits per heavy atom. The van der Waals surface area contributed by atoms with Gasteiger partial charge in [0.25, 0.3) is 0 Å². The van der Waals surface area contributed by atoms with E-state index in [9.17, 15) is 0 Å². The van der Waals surface area contributed by atoms with Crippen molar-refractivity contribution >= 4 is 23.3 Å². The number of pyridine rings is 2. The van der Waals surface area contributed by atoms with Crippen molar-refractivity contribution in [1.82, 2.24) is 9.97 Å². The number of hydrogen-bond donors (Lipinski definition) is 0. The molecule has 0 atom stereocenters. The van der Waals surface area contributed by atoms with E-state index in [1.807, 2.05) is 43.6 Å². The van der Waals surface area contributed by atoms with Gasteiger partial charge in [-0.15, -0.1) is 0 Å². The summed E-state index contributed by atoms with van der Waals surface area (Å²) in [6.07, 6.45) is 12.5. The fourth-order valence-corrected chi connectivity index (χ4v) is 2.54. The number of hydrogen-bond acceptors (Lipinski definition) is 2. The molecular weight excluding hydrogens is 328 g/mol. The van der Waals surface area contributed by atoms with Crippen LogP contribution in [0.2, 0.25) is 0 Å². The molecule has 0 aliphatic rings. The lowest BCUT2D eigenvalue weighted by Crippen LogP contribution is -2.29. The highest BCUT2D eigenvalue weighted by Crippen LogP contribution is 1.93. The molecule has 0 aromatic carbocycles. The molecule has 2 aromatic heterocycles. The first-order chi connectivity index (χ1) is 12.9. The van der Waals surface area contributed by atoms with E-state index < -0.39 is 0 Å². The lowest BCUT2D eigenvalue weighted by Gasteiger charge is -1.96. The zero-order valence-corrected chi connectivity index (χ0v) is 17.4. The van der Waals surface area contributed by atoms with Gasteiger partial charge in [0, 0.05) is 17.6 Å². The van der Waals surface area contributed by atoms with Crippen LogP contribution >= 0.6 is 0 Å². The van der Waals surface area contributed by atoms with E-state index in [0.717, 1.165) is 27.9 Å². The maximum atomic E-state index is 4.36. The highest BCUT2D eigenvalue weighted by atomic mass is 14.6. The summed E-state index contributed by atoms with van der Waals surface area (Å²) < 4.78 is 0. The molecule has 0 fully saturated rings. The van der Waals surface area contributed by atoms with Gasteiger partial charge in [-0.1, -0.05) is 70.4 Å². The van der Waals surface area contributed by atoms with Crippen LogP contribution in [0.25, 0.3) is 23.3 Å². The van der Waals surface area contributed by atoms with Crippen LogP contribution in [0.3, 0.4) is 0 Å². The Morgan fingerprint density at radius 2 is 1.59 bits per heavy atom. The fraction of sp³-hybridized carbons (Fsp3) is 0.280. The molecule has 0 saturated carbocycles. The highest BCUT2D eigenvalue weighted by molar-refractivity contribution is 5.52. The third-order valence-electron chi connectivity index (χ3n) is 4.10. The van der Waals surface area contributed by atoms with Crippen molar-refractivity contribution in [3.8, 4) is 0 Å². The van der Waals surface area contributed by atoms with E-state index in [1.54, 1.807) is 6.08 Å². The molecule has 27 heavy (non-hydrogen) atoms. The molecule has 0 amide bonds. The maximum absolute atomic E-state index is 4.36. The highest BCUT2D eigenvalue weighted by Gasteiger charge is 1.92. The topological polar surface area (TPSA) is 25.8 Å². The predicted molar refractivity (Wildman–Crippen MR) is 120 cm³/mol. The lowest BCUT2D eigenvalue weighted by atomic mass is 10.1. The van der Waals surface area contributed by atoms with Crippen molar-refractivity contribution < 1.29 is 0 Å². The molecule has 2 aromatic rings.